The number of nitrogens with zero attached hydrogens (tertiary/aromatic N) is 1. The zero-order chi connectivity index (χ0) is 17.3. The highest BCUT2D eigenvalue weighted by atomic mass is 32.1. The molecule has 1 aromatic heterocycles. The number of nitrogens with one attached hydrogen (secondary N) is 1. The minimum atomic E-state index is -1.04. The van der Waals surface area contributed by atoms with Gasteiger partial charge in [-0.05, 0) is 18.2 Å². The molecule has 0 radical (unpaired) electrons. The Hall–Kier alpha value is -2.73. The van der Waals surface area contributed by atoms with Crippen molar-refractivity contribution in [3.8, 4) is 0 Å². The van der Waals surface area contributed by atoms with E-state index in [1.54, 1.807) is 41.9 Å². The van der Waals surface area contributed by atoms with E-state index in [2.05, 4.69) is 17.9 Å². The molecule has 0 unspecified atom stereocenters. The zero-order valence-corrected chi connectivity index (χ0v) is 13.9. The minimum absolute atomic E-state index is 0.0328. The number of benzene rings is 2. The highest BCUT2D eigenvalue weighted by Crippen LogP contribution is 2.26. The number of aromatic nitrogens is 1. The average Bonchev–Trinajstić information content (AvgIpc) is 2.83. The minimum Gasteiger partial charge on any atom is -0.478 e. The summed E-state index contributed by atoms with van der Waals surface area (Å²) >= 11 is 4.30. The summed E-state index contributed by atoms with van der Waals surface area (Å²) < 4.78 is 1.75. The first-order valence-electron chi connectivity index (χ1n) is 7.36. The fourth-order valence-electron chi connectivity index (χ4n) is 2.82. The van der Waals surface area contributed by atoms with Crippen molar-refractivity contribution < 1.29 is 14.7 Å². The molecule has 1 heterocycles. The number of rotatable bonds is 4. The lowest BCUT2D eigenvalue weighted by molar-refractivity contribution is -0.115. The third-order valence-electron chi connectivity index (χ3n) is 3.95. The van der Waals surface area contributed by atoms with Crippen LogP contribution in [0.3, 0.4) is 0 Å². The van der Waals surface area contributed by atoms with Crippen LogP contribution >= 0.6 is 12.6 Å². The van der Waals surface area contributed by atoms with Crippen molar-refractivity contribution in [2.75, 3.05) is 5.32 Å². The Labute approximate surface area is 144 Å². The molecule has 3 rings (SSSR count). The van der Waals surface area contributed by atoms with Gasteiger partial charge >= 0.3 is 5.97 Å². The van der Waals surface area contributed by atoms with Crippen LogP contribution in [0.25, 0.3) is 10.9 Å². The fraction of sp³-hybridized carbons (Fsp3) is 0.111. The number of fused-ring (bicyclic) bond motifs is 1. The lowest BCUT2D eigenvalue weighted by atomic mass is 10.1. The van der Waals surface area contributed by atoms with Crippen molar-refractivity contribution in [3.63, 3.8) is 0 Å². The number of carbonyl (C=O) groups excluding carboxylic acids is 1. The molecule has 2 N–H and O–H groups in total. The van der Waals surface area contributed by atoms with Crippen molar-refractivity contribution >= 4 is 41.1 Å². The quantitative estimate of drug-likeness (QED) is 0.638. The second kappa shape index (κ2) is 6.41. The Kier molecular flexibility index (Phi) is 4.31. The summed E-state index contributed by atoms with van der Waals surface area (Å²) in [5, 5.41) is 13.0. The zero-order valence-electron chi connectivity index (χ0n) is 13.0. The Morgan fingerprint density at radius 1 is 1.12 bits per heavy atom. The van der Waals surface area contributed by atoms with Crippen molar-refractivity contribution in [2.24, 2.45) is 7.05 Å². The molecule has 2 aromatic carbocycles. The van der Waals surface area contributed by atoms with Gasteiger partial charge in [-0.1, -0.05) is 30.3 Å². The average molecular weight is 340 g/mol. The molecule has 24 heavy (non-hydrogen) atoms. The van der Waals surface area contributed by atoms with Gasteiger partial charge in [-0.25, -0.2) is 4.79 Å². The summed E-state index contributed by atoms with van der Waals surface area (Å²) in [6.07, 6.45) is -0.0328. The Morgan fingerprint density at radius 3 is 2.50 bits per heavy atom. The van der Waals surface area contributed by atoms with Gasteiger partial charge in [-0.3, -0.25) is 4.79 Å². The lowest BCUT2D eigenvalue weighted by Crippen LogP contribution is -2.18. The van der Waals surface area contributed by atoms with Crippen LogP contribution in [-0.4, -0.2) is 21.6 Å². The third kappa shape index (κ3) is 2.88. The molecule has 3 aromatic rings. The van der Waals surface area contributed by atoms with Gasteiger partial charge in [0.15, 0.2) is 0 Å². The molecule has 0 saturated heterocycles. The second-order valence-corrected chi connectivity index (χ2v) is 5.93. The van der Waals surface area contributed by atoms with Gasteiger partial charge in [0.25, 0.3) is 0 Å². The predicted octanol–water partition coefficient (Wildman–Crippen LogP) is 3.35. The molecule has 0 aliphatic heterocycles. The predicted molar refractivity (Wildman–Crippen MR) is 95.9 cm³/mol. The Balaban J connectivity index is 1.96. The summed E-state index contributed by atoms with van der Waals surface area (Å²) in [7, 11) is 1.77. The maximum absolute atomic E-state index is 12.4. The van der Waals surface area contributed by atoms with Crippen LogP contribution < -0.4 is 5.32 Å². The van der Waals surface area contributed by atoms with Gasteiger partial charge in [0.2, 0.25) is 5.91 Å². The second-order valence-electron chi connectivity index (χ2n) is 5.45. The van der Waals surface area contributed by atoms with E-state index >= 15 is 0 Å². The number of carbonyl (C=O) groups is 2. The molecular formula is C18H16N2O3S. The van der Waals surface area contributed by atoms with E-state index in [9.17, 15) is 14.7 Å². The summed E-state index contributed by atoms with van der Waals surface area (Å²) in [4.78, 5) is 24.7. The van der Waals surface area contributed by atoms with E-state index < -0.39 is 5.97 Å². The van der Waals surface area contributed by atoms with Crippen LogP contribution in [0.5, 0.6) is 0 Å². The van der Waals surface area contributed by atoms with E-state index in [1.165, 1.54) is 0 Å². The van der Waals surface area contributed by atoms with E-state index in [-0.39, 0.29) is 17.9 Å². The molecule has 6 heteroatoms. The van der Waals surface area contributed by atoms with Crippen molar-refractivity contribution in [1.29, 1.82) is 0 Å². The highest BCUT2D eigenvalue weighted by molar-refractivity contribution is 7.80. The molecule has 0 aliphatic carbocycles. The molecule has 1 amide bonds. The fourth-order valence-corrected chi connectivity index (χ4v) is 3.03. The molecule has 0 fully saturated rings. The number of aromatic carboxylic acids is 1. The molecular weight excluding hydrogens is 324 g/mol. The van der Waals surface area contributed by atoms with Crippen LogP contribution in [0.2, 0.25) is 0 Å². The SMILES string of the molecule is Cn1c(CC(=O)Nc2ccccc2S)c(C(=O)O)c2ccccc21. The van der Waals surface area contributed by atoms with Gasteiger partial charge in [-0.15, -0.1) is 12.6 Å². The molecule has 0 saturated carbocycles. The molecule has 122 valence electrons. The Bertz CT molecular complexity index is 947. The number of carboxylic acids is 1. The highest BCUT2D eigenvalue weighted by Gasteiger charge is 2.22. The Morgan fingerprint density at radius 2 is 1.79 bits per heavy atom. The third-order valence-corrected chi connectivity index (χ3v) is 4.34. The standard InChI is InChI=1S/C18H16N2O3S/c1-20-13-8-4-2-6-11(13)17(18(22)23)14(20)10-16(21)19-12-7-3-5-9-15(12)24/h2-9,24H,10H2,1H3,(H,19,21)(H,22,23). The van der Waals surface area contributed by atoms with Crippen LogP contribution in [0, 0.1) is 0 Å². The number of amides is 1. The number of hydrogen-bond donors (Lipinski definition) is 3. The van der Waals surface area contributed by atoms with Crippen LogP contribution in [-0.2, 0) is 18.3 Å². The van der Waals surface area contributed by atoms with E-state index in [4.69, 9.17) is 0 Å². The largest absolute Gasteiger partial charge is 0.478 e. The van der Waals surface area contributed by atoms with Crippen molar-refractivity contribution in [1.82, 2.24) is 4.57 Å². The topological polar surface area (TPSA) is 71.3 Å². The van der Waals surface area contributed by atoms with E-state index in [0.29, 0.717) is 21.7 Å². The maximum atomic E-state index is 12.4. The number of thiol groups is 1. The van der Waals surface area contributed by atoms with Crippen LogP contribution in [0.15, 0.2) is 53.4 Å². The molecule has 0 bridgehead atoms. The molecule has 0 atom stereocenters. The lowest BCUT2D eigenvalue weighted by Gasteiger charge is -2.09. The summed E-state index contributed by atoms with van der Waals surface area (Å²) in [5.74, 6) is -1.32. The summed E-state index contributed by atoms with van der Waals surface area (Å²) in [5.41, 5.74) is 2.02. The van der Waals surface area contributed by atoms with Crippen molar-refractivity contribution in [2.45, 2.75) is 11.3 Å². The number of anilines is 1. The van der Waals surface area contributed by atoms with Gasteiger partial charge in [0.1, 0.15) is 0 Å². The van der Waals surface area contributed by atoms with Gasteiger partial charge < -0.3 is 15.0 Å². The first-order chi connectivity index (χ1) is 11.5. The first-order valence-corrected chi connectivity index (χ1v) is 7.81. The van der Waals surface area contributed by atoms with E-state index in [0.717, 1.165) is 5.52 Å². The molecule has 0 spiro atoms. The van der Waals surface area contributed by atoms with Crippen LogP contribution in [0.1, 0.15) is 16.1 Å². The number of hydrogen-bond acceptors (Lipinski definition) is 3. The number of aryl methyl sites for hydroxylation is 1. The van der Waals surface area contributed by atoms with E-state index in [1.807, 2.05) is 18.2 Å². The summed E-state index contributed by atoms with van der Waals surface area (Å²) in [6, 6.07) is 14.4. The molecule has 0 aliphatic rings. The normalized spacial score (nSPS) is 10.8. The smallest absolute Gasteiger partial charge is 0.338 e. The summed E-state index contributed by atoms with van der Waals surface area (Å²) in [6.45, 7) is 0. The number of carboxylic acid groups (broad SMARTS) is 1. The van der Waals surface area contributed by atoms with Crippen LogP contribution in [0.4, 0.5) is 5.69 Å². The number of para-hydroxylation sites is 2. The van der Waals surface area contributed by atoms with Gasteiger partial charge in [0, 0.05) is 28.5 Å². The van der Waals surface area contributed by atoms with Gasteiger partial charge in [0.05, 0.1) is 17.7 Å². The maximum Gasteiger partial charge on any atom is 0.338 e. The first kappa shape index (κ1) is 16.1. The van der Waals surface area contributed by atoms with Gasteiger partial charge in [-0.2, -0.15) is 0 Å². The van der Waals surface area contributed by atoms with Crippen molar-refractivity contribution in [3.05, 3.63) is 59.8 Å². The monoisotopic (exact) mass is 340 g/mol. The molecule has 5 nitrogen and oxygen atoms in total.